The Labute approximate surface area is 165 Å². The van der Waals surface area contributed by atoms with Crippen LogP contribution in [0.25, 0.3) is 0 Å². The van der Waals surface area contributed by atoms with Crippen molar-refractivity contribution in [2.24, 2.45) is 10.9 Å². The predicted octanol–water partition coefficient (Wildman–Crippen LogP) is 3.83. The van der Waals surface area contributed by atoms with Gasteiger partial charge in [-0.25, -0.2) is 4.99 Å². The van der Waals surface area contributed by atoms with Crippen LogP contribution in [-0.2, 0) is 4.79 Å². The Hall–Kier alpha value is -2.92. The van der Waals surface area contributed by atoms with Crippen LogP contribution in [0.4, 0.5) is 11.4 Å². The van der Waals surface area contributed by atoms with Crippen molar-refractivity contribution in [3.8, 4) is 5.75 Å². The lowest BCUT2D eigenvalue weighted by Crippen LogP contribution is -2.27. The molecule has 2 aliphatic rings. The Morgan fingerprint density at radius 1 is 1.21 bits per heavy atom. The molecule has 0 bridgehead atoms. The van der Waals surface area contributed by atoms with Crippen molar-refractivity contribution in [1.82, 2.24) is 0 Å². The molecule has 1 heterocycles. The molecular formula is C23H24N2O3. The number of carbonyl (C=O) groups is 1. The number of aliphatic hydroxyl groups is 1. The first kappa shape index (κ1) is 18.4. The van der Waals surface area contributed by atoms with E-state index in [1.165, 1.54) is 0 Å². The summed E-state index contributed by atoms with van der Waals surface area (Å²) in [6.07, 6.45) is 2.74. The van der Waals surface area contributed by atoms with Crippen LogP contribution >= 0.6 is 0 Å². The number of nitrogens with zero attached hydrogens (tertiary/aromatic N) is 2. The first-order valence-electron chi connectivity index (χ1n) is 9.73. The zero-order valence-electron chi connectivity index (χ0n) is 16.1. The topological polar surface area (TPSA) is 62.1 Å². The third-order valence-corrected chi connectivity index (χ3v) is 5.51. The van der Waals surface area contributed by atoms with Crippen molar-refractivity contribution in [3.05, 3.63) is 65.4 Å². The van der Waals surface area contributed by atoms with E-state index < -0.39 is 5.92 Å². The summed E-state index contributed by atoms with van der Waals surface area (Å²) in [5, 5.41) is 9.67. The van der Waals surface area contributed by atoms with Crippen molar-refractivity contribution in [2.75, 3.05) is 24.6 Å². The molecule has 1 aliphatic carbocycles. The molecule has 5 heteroatoms. The van der Waals surface area contributed by atoms with E-state index >= 15 is 0 Å². The number of benzene rings is 2. The number of hydrogen-bond donors (Lipinski definition) is 1. The van der Waals surface area contributed by atoms with Crippen LogP contribution in [0.15, 0.2) is 59.3 Å². The van der Waals surface area contributed by atoms with Gasteiger partial charge in [-0.1, -0.05) is 24.3 Å². The van der Waals surface area contributed by atoms with Crippen LogP contribution in [0.5, 0.6) is 5.75 Å². The SMILES string of the molecule is CCN(CC)c1ccc2c(c1)OC1=CC(C(C=O)CO)c3ccccc3C1=N2. The molecule has 0 saturated heterocycles. The molecule has 0 saturated carbocycles. The molecule has 0 amide bonds. The van der Waals surface area contributed by atoms with Gasteiger partial charge in [-0.15, -0.1) is 0 Å². The highest BCUT2D eigenvalue weighted by molar-refractivity contribution is 6.16. The molecule has 0 radical (unpaired) electrons. The second-order valence-electron chi connectivity index (χ2n) is 7.01. The lowest BCUT2D eigenvalue weighted by atomic mass is 9.79. The van der Waals surface area contributed by atoms with Crippen LogP contribution in [0, 0.1) is 5.92 Å². The van der Waals surface area contributed by atoms with E-state index in [0.717, 1.165) is 47.6 Å². The fraction of sp³-hybridized carbons (Fsp3) is 0.304. The van der Waals surface area contributed by atoms with Gasteiger partial charge in [-0.05, 0) is 37.6 Å². The van der Waals surface area contributed by atoms with E-state index in [0.29, 0.717) is 11.5 Å². The van der Waals surface area contributed by atoms with Crippen molar-refractivity contribution in [2.45, 2.75) is 19.8 Å². The largest absolute Gasteiger partial charge is 0.453 e. The Balaban J connectivity index is 1.82. The standard InChI is InChI=1S/C23H24N2O3/c1-3-25(4-2)16-9-10-20-21(11-16)28-22-12-19(15(13-26)14-27)17-7-5-6-8-18(17)23(22)24-20/h5-13,15,19,27H,3-4,14H2,1-2H3. The van der Waals surface area contributed by atoms with E-state index in [2.05, 4.69) is 24.8 Å². The number of ether oxygens (including phenoxy) is 1. The molecule has 5 nitrogen and oxygen atoms in total. The van der Waals surface area contributed by atoms with E-state index in [1.807, 2.05) is 42.5 Å². The Kier molecular flexibility index (Phi) is 5.01. The maximum Gasteiger partial charge on any atom is 0.155 e. The monoisotopic (exact) mass is 376 g/mol. The summed E-state index contributed by atoms with van der Waals surface area (Å²) in [6.45, 7) is 5.87. The summed E-state index contributed by atoms with van der Waals surface area (Å²) in [5.41, 5.74) is 4.60. The first-order valence-corrected chi connectivity index (χ1v) is 9.73. The van der Waals surface area contributed by atoms with E-state index in [4.69, 9.17) is 9.73 Å². The van der Waals surface area contributed by atoms with Gasteiger partial charge in [-0.2, -0.15) is 0 Å². The first-order chi connectivity index (χ1) is 13.7. The normalized spacial score (nSPS) is 17.9. The Morgan fingerprint density at radius 3 is 2.71 bits per heavy atom. The van der Waals surface area contributed by atoms with Gasteiger partial charge in [0.1, 0.15) is 23.4 Å². The second-order valence-corrected chi connectivity index (χ2v) is 7.01. The van der Waals surface area contributed by atoms with Gasteiger partial charge in [0.15, 0.2) is 5.75 Å². The molecule has 0 spiro atoms. The summed E-state index contributed by atoms with van der Waals surface area (Å²) < 4.78 is 6.25. The number of hydrogen-bond acceptors (Lipinski definition) is 5. The number of aldehydes is 1. The number of allylic oxidation sites excluding steroid dienone is 2. The minimum Gasteiger partial charge on any atom is -0.453 e. The van der Waals surface area contributed by atoms with E-state index in [-0.39, 0.29) is 12.5 Å². The molecule has 2 aromatic rings. The summed E-state index contributed by atoms with van der Waals surface area (Å²) in [4.78, 5) is 18.6. The molecule has 4 rings (SSSR count). The highest BCUT2D eigenvalue weighted by Crippen LogP contribution is 2.43. The zero-order chi connectivity index (χ0) is 19.7. The summed E-state index contributed by atoms with van der Waals surface area (Å²) in [5.74, 6) is 0.611. The molecule has 0 aromatic heterocycles. The van der Waals surface area contributed by atoms with Gasteiger partial charge in [0.25, 0.3) is 0 Å². The number of aliphatic hydroxyl groups excluding tert-OH is 1. The maximum absolute atomic E-state index is 11.5. The third-order valence-electron chi connectivity index (χ3n) is 5.51. The van der Waals surface area contributed by atoms with E-state index in [9.17, 15) is 9.90 Å². The highest BCUT2D eigenvalue weighted by Gasteiger charge is 2.33. The number of aliphatic imine (C=N–C) groups is 1. The molecule has 0 fully saturated rings. The summed E-state index contributed by atoms with van der Waals surface area (Å²) in [7, 11) is 0. The quantitative estimate of drug-likeness (QED) is 0.778. The fourth-order valence-electron chi connectivity index (χ4n) is 3.96. The van der Waals surface area contributed by atoms with Crippen molar-refractivity contribution in [3.63, 3.8) is 0 Å². The van der Waals surface area contributed by atoms with Crippen LogP contribution in [0.1, 0.15) is 30.9 Å². The molecule has 144 valence electrons. The van der Waals surface area contributed by atoms with Crippen molar-refractivity contribution < 1.29 is 14.6 Å². The van der Waals surface area contributed by atoms with Gasteiger partial charge in [-0.3, -0.25) is 0 Å². The number of carbonyl (C=O) groups excluding carboxylic acids is 1. The Morgan fingerprint density at radius 2 is 2.00 bits per heavy atom. The lowest BCUT2D eigenvalue weighted by Gasteiger charge is -2.31. The minimum atomic E-state index is -0.512. The summed E-state index contributed by atoms with van der Waals surface area (Å²) >= 11 is 0. The van der Waals surface area contributed by atoms with Crippen LogP contribution in [-0.4, -0.2) is 36.8 Å². The van der Waals surface area contributed by atoms with Gasteiger partial charge >= 0.3 is 0 Å². The molecule has 2 atom stereocenters. The average molecular weight is 376 g/mol. The van der Waals surface area contributed by atoms with Gasteiger partial charge in [0, 0.05) is 42.2 Å². The lowest BCUT2D eigenvalue weighted by molar-refractivity contribution is -0.112. The van der Waals surface area contributed by atoms with Crippen molar-refractivity contribution in [1.29, 1.82) is 0 Å². The highest BCUT2D eigenvalue weighted by atomic mass is 16.5. The second kappa shape index (κ2) is 7.60. The molecular weight excluding hydrogens is 352 g/mol. The van der Waals surface area contributed by atoms with Gasteiger partial charge in [0.05, 0.1) is 6.61 Å². The molecule has 2 unspecified atom stereocenters. The summed E-state index contributed by atoms with van der Waals surface area (Å²) in [6, 6.07) is 14.0. The van der Waals surface area contributed by atoms with Gasteiger partial charge < -0.3 is 19.5 Å². The maximum atomic E-state index is 11.5. The van der Waals surface area contributed by atoms with Crippen LogP contribution in [0.3, 0.4) is 0 Å². The number of anilines is 1. The smallest absolute Gasteiger partial charge is 0.155 e. The number of fused-ring (bicyclic) bond motifs is 4. The third kappa shape index (κ3) is 3.02. The molecule has 1 N–H and O–H groups in total. The molecule has 28 heavy (non-hydrogen) atoms. The predicted molar refractivity (Wildman–Crippen MR) is 111 cm³/mol. The van der Waals surface area contributed by atoms with Crippen LogP contribution in [0.2, 0.25) is 0 Å². The van der Waals surface area contributed by atoms with Crippen molar-refractivity contribution >= 4 is 23.4 Å². The zero-order valence-corrected chi connectivity index (χ0v) is 16.1. The average Bonchev–Trinajstić information content (AvgIpc) is 2.74. The van der Waals surface area contributed by atoms with E-state index in [1.54, 1.807) is 0 Å². The van der Waals surface area contributed by atoms with Gasteiger partial charge in [0.2, 0.25) is 0 Å². The van der Waals surface area contributed by atoms with Crippen LogP contribution < -0.4 is 9.64 Å². The molecule has 1 aliphatic heterocycles. The fourth-order valence-corrected chi connectivity index (χ4v) is 3.96. The number of rotatable bonds is 6. The minimum absolute atomic E-state index is 0.207. The molecule has 2 aromatic carbocycles. The Bertz CT molecular complexity index is 960.